The van der Waals surface area contributed by atoms with Crippen LogP contribution >= 0.6 is 11.3 Å². The van der Waals surface area contributed by atoms with Gasteiger partial charge >= 0.3 is 0 Å². The van der Waals surface area contributed by atoms with E-state index in [1.165, 1.54) is 11.1 Å². The molecule has 0 radical (unpaired) electrons. The zero-order chi connectivity index (χ0) is 14.0. The van der Waals surface area contributed by atoms with Crippen molar-refractivity contribution in [2.45, 2.75) is 39.2 Å². The van der Waals surface area contributed by atoms with Gasteiger partial charge in [-0.3, -0.25) is 0 Å². The van der Waals surface area contributed by atoms with E-state index in [0.717, 1.165) is 10.7 Å². The minimum atomic E-state index is 0.202. The van der Waals surface area contributed by atoms with Crippen LogP contribution in [0.2, 0.25) is 0 Å². The van der Waals surface area contributed by atoms with Crippen LogP contribution in [0.4, 0.5) is 0 Å². The Bertz CT molecular complexity index is 535. The summed E-state index contributed by atoms with van der Waals surface area (Å²) in [6.45, 7) is 8.83. The quantitative estimate of drug-likeness (QED) is 0.898. The monoisotopic (exact) mass is 274 g/mol. The summed E-state index contributed by atoms with van der Waals surface area (Å²) in [7, 11) is 1.96. The lowest BCUT2D eigenvalue weighted by atomic mass is 9.87. The van der Waals surface area contributed by atoms with Crippen molar-refractivity contribution in [3.05, 3.63) is 40.9 Å². The molecule has 0 aliphatic rings. The van der Waals surface area contributed by atoms with Crippen LogP contribution in [0.1, 0.15) is 45.0 Å². The maximum atomic E-state index is 4.70. The van der Waals surface area contributed by atoms with E-state index < -0.39 is 0 Å². The molecule has 1 aromatic heterocycles. The summed E-state index contributed by atoms with van der Waals surface area (Å²) < 4.78 is 0. The molecule has 1 atom stereocenters. The molecule has 19 heavy (non-hydrogen) atoms. The Hall–Kier alpha value is -1.19. The van der Waals surface area contributed by atoms with Gasteiger partial charge in [0.2, 0.25) is 0 Å². The standard InChI is InChI=1S/C16H22N2S/c1-11(17-5)14-10-19-15(18-14)12-6-8-13(9-7-12)16(2,3)4/h6-11,17H,1-5H3. The summed E-state index contributed by atoms with van der Waals surface area (Å²) in [4.78, 5) is 4.70. The van der Waals surface area contributed by atoms with E-state index in [-0.39, 0.29) is 5.41 Å². The third kappa shape index (κ3) is 3.23. The molecule has 102 valence electrons. The summed E-state index contributed by atoms with van der Waals surface area (Å²) in [6, 6.07) is 9.06. The molecular formula is C16H22N2S. The summed E-state index contributed by atoms with van der Waals surface area (Å²) in [5, 5.41) is 6.45. The van der Waals surface area contributed by atoms with E-state index in [9.17, 15) is 0 Å². The first-order chi connectivity index (χ1) is 8.91. The molecule has 0 bridgehead atoms. The van der Waals surface area contributed by atoms with Crippen molar-refractivity contribution < 1.29 is 0 Å². The fraction of sp³-hybridized carbons (Fsp3) is 0.438. The lowest BCUT2D eigenvalue weighted by Gasteiger charge is -2.18. The van der Waals surface area contributed by atoms with Gasteiger partial charge in [-0.05, 0) is 24.9 Å². The van der Waals surface area contributed by atoms with E-state index in [1.807, 2.05) is 7.05 Å². The van der Waals surface area contributed by atoms with Gasteiger partial charge in [-0.15, -0.1) is 11.3 Å². The molecule has 2 rings (SSSR count). The second-order valence-electron chi connectivity index (χ2n) is 5.92. The zero-order valence-corrected chi connectivity index (χ0v) is 13.1. The van der Waals surface area contributed by atoms with Crippen molar-refractivity contribution in [2.75, 3.05) is 7.05 Å². The Morgan fingerprint density at radius 3 is 2.32 bits per heavy atom. The Labute approximate surface area is 119 Å². The number of hydrogen-bond donors (Lipinski definition) is 1. The first-order valence-corrected chi connectivity index (χ1v) is 7.53. The maximum Gasteiger partial charge on any atom is 0.123 e. The SMILES string of the molecule is CNC(C)c1csc(-c2ccc(C(C)(C)C)cc2)n1. The predicted molar refractivity (Wildman–Crippen MR) is 83.7 cm³/mol. The van der Waals surface area contributed by atoms with Gasteiger partial charge in [0.15, 0.2) is 0 Å². The van der Waals surface area contributed by atoms with E-state index in [1.54, 1.807) is 11.3 Å². The number of benzene rings is 1. The number of hydrogen-bond acceptors (Lipinski definition) is 3. The van der Waals surface area contributed by atoms with E-state index in [0.29, 0.717) is 6.04 Å². The molecule has 0 fully saturated rings. The van der Waals surface area contributed by atoms with E-state index in [2.05, 4.69) is 62.7 Å². The Balaban J connectivity index is 2.25. The van der Waals surface area contributed by atoms with Gasteiger partial charge in [0.25, 0.3) is 0 Å². The maximum absolute atomic E-state index is 4.70. The van der Waals surface area contributed by atoms with Gasteiger partial charge < -0.3 is 5.32 Å². The van der Waals surface area contributed by atoms with Gasteiger partial charge in [0.1, 0.15) is 5.01 Å². The molecule has 1 aromatic carbocycles. The average molecular weight is 274 g/mol. The van der Waals surface area contributed by atoms with Crippen molar-refractivity contribution in [1.82, 2.24) is 10.3 Å². The first kappa shape index (κ1) is 14.2. The third-order valence-corrected chi connectivity index (χ3v) is 4.31. The second-order valence-corrected chi connectivity index (χ2v) is 6.77. The molecule has 0 saturated heterocycles. The molecule has 3 heteroatoms. The topological polar surface area (TPSA) is 24.9 Å². The summed E-state index contributed by atoms with van der Waals surface area (Å²) in [5.41, 5.74) is 3.87. The third-order valence-electron chi connectivity index (χ3n) is 3.40. The van der Waals surface area contributed by atoms with Gasteiger partial charge in [0.05, 0.1) is 5.69 Å². The zero-order valence-electron chi connectivity index (χ0n) is 12.3. The van der Waals surface area contributed by atoms with E-state index >= 15 is 0 Å². The molecule has 1 unspecified atom stereocenters. The Kier molecular flexibility index (Phi) is 4.07. The minimum Gasteiger partial charge on any atom is -0.312 e. The van der Waals surface area contributed by atoms with Crippen LogP contribution in [0.3, 0.4) is 0 Å². The van der Waals surface area contributed by atoms with Gasteiger partial charge in [-0.1, -0.05) is 45.0 Å². The Morgan fingerprint density at radius 1 is 1.16 bits per heavy atom. The first-order valence-electron chi connectivity index (χ1n) is 6.65. The highest BCUT2D eigenvalue weighted by Crippen LogP contribution is 2.29. The lowest BCUT2D eigenvalue weighted by molar-refractivity contribution is 0.590. The van der Waals surface area contributed by atoms with Crippen molar-refractivity contribution in [3.8, 4) is 10.6 Å². The Morgan fingerprint density at radius 2 is 1.79 bits per heavy atom. The summed E-state index contributed by atoms with van der Waals surface area (Å²) >= 11 is 1.71. The molecule has 2 aromatic rings. The fourth-order valence-electron chi connectivity index (χ4n) is 1.88. The van der Waals surface area contributed by atoms with Crippen LogP contribution in [0.5, 0.6) is 0 Å². The molecule has 0 amide bonds. The van der Waals surface area contributed by atoms with Gasteiger partial charge in [-0.25, -0.2) is 4.98 Å². The second kappa shape index (κ2) is 5.43. The van der Waals surface area contributed by atoms with Crippen LogP contribution in [-0.4, -0.2) is 12.0 Å². The number of rotatable bonds is 3. The van der Waals surface area contributed by atoms with Gasteiger partial charge in [0, 0.05) is 17.0 Å². The summed E-state index contributed by atoms with van der Waals surface area (Å²) in [6.07, 6.45) is 0. The highest BCUT2D eigenvalue weighted by atomic mass is 32.1. The highest BCUT2D eigenvalue weighted by molar-refractivity contribution is 7.13. The van der Waals surface area contributed by atoms with Crippen LogP contribution in [0, 0.1) is 0 Å². The lowest BCUT2D eigenvalue weighted by Crippen LogP contribution is -2.12. The molecular weight excluding hydrogens is 252 g/mol. The number of nitrogens with zero attached hydrogens (tertiary/aromatic N) is 1. The largest absolute Gasteiger partial charge is 0.312 e. The van der Waals surface area contributed by atoms with Crippen molar-refractivity contribution >= 4 is 11.3 Å². The van der Waals surface area contributed by atoms with Crippen molar-refractivity contribution in [1.29, 1.82) is 0 Å². The smallest absolute Gasteiger partial charge is 0.123 e. The predicted octanol–water partition coefficient (Wildman–Crippen LogP) is 4.39. The molecule has 2 nitrogen and oxygen atoms in total. The molecule has 0 aliphatic carbocycles. The van der Waals surface area contributed by atoms with Crippen molar-refractivity contribution in [3.63, 3.8) is 0 Å². The summed E-state index contributed by atoms with van der Waals surface area (Å²) in [5.74, 6) is 0. The highest BCUT2D eigenvalue weighted by Gasteiger charge is 2.14. The van der Waals surface area contributed by atoms with E-state index in [4.69, 9.17) is 4.98 Å². The number of aromatic nitrogens is 1. The van der Waals surface area contributed by atoms with Crippen LogP contribution in [0.25, 0.3) is 10.6 Å². The number of nitrogens with one attached hydrogen (secondary N) is 1. The molecule has 1 heterocycles. The normalized spacial score (nSPS) is 13.5. The van der Waals surface area contributed by atoms with Crippen molar-refractivity contribution in [2.24, 2.45) is 0 Å². The molecule has 0 saturated carbocycles. The minimum absolute atomic E-state index is 0.202. The number of thiazole rings is 1. The molecule has 0 aliphatic heterocycles. The molecule has 1 N–H and O–H groups in total. The molecule has 0 spiro atoms. The average Bonchev–Trinajstić information content (AvgIpc) is 2.86. The fourth-order valence-corrected chi connectivity index (χ4v) is 2.80. The van der Waals surface area contributed by atoms with Crippen LogP contribution < -0.4 is 5.32 Å². The van der Waals surface area contributed by atoms with Gasteiger partial charge in [-0.2, -0.15) is 0 Å². The van der Waals surface area contributed by atoms with Crippen LogP contribution in [-0.2, 0) is 5.41 Å². The van der Waals surface area contributed by atoms with Crippen LogP contribution in [0.15, 0.2) is 29.6 Å².